The zero-order valence-corrected chi connectivity index (χ0v) is 17.5. The molecule has 0 spiro atoms. The molecule has 1 aliphatic heterocycles. The summed E-state index contributed by atoms with van der Waals surface area (Å²) < 4.78 is 77.3. The molecule has 2 aliphatic carbocycles. The summed E-state index contributed by atoms with van der Waals surface area (Å²) in [5.41, 5.74) is -2.25. The molecule has 1 heterocycles. The third kappa shape index (κ3) is 3.54. The van der Waals surface area contributed by atoms with E-state index in [-0.39, 0.29) is 0 Å². The van der Waals surface area contributed by atoms with Gasteiger partial charge in [0, 0.05) is 5.75 Å². The number of halogens is 3. The van der Waals surface area contributed by atoms with E-state index in [1.54, 1.807) is 0 Å². The maximum absolute atomic E-state index is 15.4. The molecule has 0 radical (unpaired) electrons. The quantitative estimate of drug-likeness (QED) is 0.354. The Morgan fingerprint density at radius 1 is 1.26 bits per heavy atom. The molecule has 0 saturated heterocycles. The van der Waals surface area contributed by atoms with E-state index in [4.69, 9.17) is 4.55 Å². The summed E-state index contributed by atoms with van der Waals surface area (Å²) in [6.45, 7) is 1.62. The molecule has 8 heteroatoms. The second-order valence-electron chi connectivity index (χ2n) is 8.32. The zero-order valence-electron chi connectivity index (χ0n) is 15.9. The monoisotopic (exact) mass is 426 g/mol. The normalized spacial score (nSPS) is 38.4. The van der Waals surface area contributed by atoms with E-state index in [1.807, 2.05) is 0 Å². The van der Waals surface area contributed by atoms with Crippen molar-refractivity contribution in [1.29, 1.82) is 0 Å². The zero-order chi connectivity index (χ0) is 20.1. The van der Waals surface area contributed by atoms with E-state index in [0.29, 0.717) is 24.5 Å². The Labute approximate surface area is 162 Å². The van der Waals surface area contributed by atoms with Gasteiger partial charge < -0.3 is 0 Å². The van der Waals surface area contributed by atoms with Crippen LogP contribution in [-0.2, 0) is 10.1 Å². The van der Waals surface area contributed by atoms with Crippen molar-refractivity contribution >= 4 is 26.0 Å². The number of hydrogen-bond donors (Lipinski definition) is 1. The highest BCUT2D eigenvalue weighted by molar-refractivity contribution is 8.24. The van der Waals surface area contributed by atoms with Crippen LogP contribution in [0.3, 0.4) is 0 Å². The van der Waals surface area contributed by atoms with E-state index in [9.17, 15) is 12.8 Å². The summed E-state index contributed by atoms with van der Waals surface area (Å²) in [5, 5.41) is -5.27. The summed E-state index contributed by atoms with van der Waals surface area (Å²) in [5.74, 6) is 1.67. The highest BCUT2D eigenvalue weighted by Gasteiger charge is 2.73. The average Bonchev–Trinajstić information content (AvgIpc) is 3.31. The van der Waals surface area contributed by atoms with Crippen molar-refractivity contribution < 1.29 is 26.1 Å². The van der Waals surface area contributed by atoms with Gasteiger partial charge in [0.25, 0.3) is 5.00 Å². The number of rotatable bonds is 6. The van der Waals surface area contributed by atoms with Gasteiger partial charge in [0.15, 0.2) is 0 Å². The first-order valence-corrected chi connectivity index (χ1v) is 12.6. The van der Waals surface area contributed by atoms with Gasteiger partial charge in [-0.25, -0.2) is 13.2 Å². The summed E-state index contributed by atoms with van der Waals surface area (Å²) >= 11 is 0. The minimum atomic E-state index is -5.40. The van der Waals surface area contributed by atoms with Gasteiger partial charge in [-0.1, -0.05) is 37.8 Å². The molecular formula is C19H29F3O3S2. The lowest BCUT2D eigenvalue weighted by Gasteiger charge is -2.37. The third-order valence-corrected chi connectivity index (χ3v) is 10.3. The van der Waals surface area contributed by atoms with Gasteiger partial charge in [-0.05, 0) is 56.2 Å². The molecule has 27 heavy (non-hydrogen) atoms. The van der Waals surface area contributed by atoms with E-state index >= 15 is 8.78 Å². The van der Waals surface area contributed by atoms with Crippen molar-refractivity contribution in [2.45, 2.75) is 80.9 Å². The van der Waals surface area contributed by atoms with Crippen molar-refractivity contribution in [1.82, 2.24) is 0 Å². The standard InChI is InChI=1S/C19H29F3O3S2/c1-3-18(21,17(2,20)27(23,24)25)19(22)13-26(19)12-14-8-10-15-6-4-5-7-16(15)11-9-14/h8,13,15-16H,3-7,9-12H2,1-2H3,(H,23,24,25). The first kappa shape index (κ1) is 21.4. The van der Waals surface area contributed by atoms with Crippen LogP contribution in [-0.4, -0.2) is 39.8 Å². The fourth-order valence-corrected chi connectivity index (χ4v) is 7.95. The lowest BCUT2D eigenvalue weighted by Crippen LogP contribution is -2.58. The first-order valence-electron chi connectivity index (χ1n) is 9.74. The Balaban J connectivity index is 1.73. The van der Waals surface area contributed by atoms with Gasteiger partial charge >= 0.3 is 10.1 Å². The fraction of sp³-hybridized carbons (Fsp3) is 0.842. The van der Waals surface area contributed by atoms with Crippen LogP contribution in [0.15, 0.2) is 11.6 Å². The molecule has 6 atom stereocenters. The number of alkyl halides is 3. The minimum Gasteiger partial charge on any atom is -0.283 e. The molecule has 0 amide bonds. The summed E-state index contributed by atoms with van der Waals surface area (Å²) in [6, 6.07) is 0. The molecule has 0 bridgehead atoms. The summed E-state index contributed by atoms with van der Waals surface area (Å²) in [6.07, 6.45) is 9.26. The smallest absolute Gasteiger partial charge is 0.283 e. The fourth-order valence-electron chi connectivity index (χ4n) is 4.77. The van der Waals surface area contributed by atoms with Crippen LogP contribution in [0, 0.1) is 11.8 Å². The van der Waals surface area contributed by atoms with Gasteiger partial charge in [0.1, 0.15) is 0 Å². The van der Waals surface area contributed by atoms with Crippen LogP contribution in [0.5, 0.6) is 0 Å². The molecule has 156 valence electrons. The molecular weight excluding hydrogens is 397 g/mol. The molecule has 1 saturated carbocycles. The van der Waals surface area contributed by atoms with E-state index < -0.39 is 42.7 Å². The van der Waals surface area contributed by atoms with Crippen molar-refractivity contribution in [2.24, 2.45) is 11.8 Å². The van der Waals surface area contributed by atoms with Gasteiger partial charge in [-0.2, -0.15) is 8.42 Å². The first-order chi connectivity index (χ1) is 12.5. The van der Waals surface area contributed by atoms with Gasteiger partial charge in [0.05, 0.1) is 0 Å². The molecule has 3 nitrogen and oxygen atoms in total. The highest BCUT2D eigenvalue weighted by Crippen LogP contribution is 2.62. The van der Waals surface area contributed by atoms with Crippen LogP contribution < -0.4 is 0 Å². The molecule has 3 aliphatic rings. The van der Waals surface area contributed by atoms with Gasteiger partial charge in [-0.15, -0.1) is 10.5 Å². The molecule has 6 unspecified atom stereocenters. The Morgan fingerprint density at radius 3 is 2.48 bits per heavy atom. The Bertz CT molecular complexity index is 762. The van der Waals surface area contributed by atoms with Crippen molar-refractivity contribution in [3.63, 3.8) is 0 Å². The molecule has 1 fully saturated rings. The molecule has 3 rings (SSSR count). The maximum Gasteiger partial charge on any atom is 0.303 e. The molecule has 0 aromatic rings. The molecule has 1 N–H and O–H groups in total. The summed E-state index contributed by atoms with van der Waals surface area (Å²) in [7, 11) is -6.59. The predicted molar refractivity (Wildman–Crippen MR) is 105 cm³/mol. The molecule has 0 aromatic carbocycles. The van der Waals surface area contributed by atoms with Crippen LogP contribution in [0.1, 0.15) is 65.2 Å². The van der Waals surface area contributed by atoms with Crippen LogP contribution in [0.2, 0.25) is 0 Å². The van der Waals surface area contributed by atoms with Crippen molar-refractivity contribution in [2.75, 3.05) is 5.75 Å². The van der Waals surface area contributed by atoms with Crippen LogP contribution in [0.25, 0.3) is 0 Å². The van der Waals surface area contributed by atoms with Gasteiger partial charge in [-0.3, -0.25) is 4.55 Å². The average molecular weight is 427 g/mol. The second-order valence-corrected chi connectivity index (χ2v) is 12.0. The number of fused-ring (bicyclic) bond motifs is 1. The maximum atomic E-state index is 15.4. The number of hydrogen-bond acceptors (Lipinski definition) is 2. The Kier molecular flexibility index (Phi) is 5.67. The predicted octanol–water partition coefficient (Wildman–Crippen LogP) is 5.35. The third-order valence-electron chi connectivity index (χ3n) is 6.79. The van der Waals surface area contributed by atoms with E-state index in [2.05, 4.69) is 6.08 Å². The van der Waals surface area contributed by atoms with E-state index in [1.165, 1.54) is 32.6 Å². The van der Waals surface area contributed by atoms with Crippen molar-refractivity contribution in [3.8, 4) is 0 Å². The largest absolute Gasteiger partial charge is 0.303 e. The summed E-state index contributed by atoms with van der Waals surface area (Å²) in [4.78, 5) is 0. The number of allylic oxidation sites excluding steroid dienone is 1. The van der Waals surface area contributed by atoms with Crippen LogP contribution >= 0.6 is 10.5 Å². The minimum absolute atomic E-state index is 0.309. The topological polar surface area (TPSA) is 54.4 Å². The Hall–Kier alpha value is -0.340. The lowest BCUT2D eigenvalue weighted by atomic mass is 9.76. The van der Waals surface area contributed by atoms with Crippen LogP contribution in [0.4, 0.5) is 13.2 Å². The second kappa shape index (κ2) is 7.17. The van der Waals surface area contributed by atoms with Gasteiger partial charge in [0.2, 0.25) is 10.7 Å². The van der Waals surface area contributed by atoms with Crippen molar-refractivity contribution in [3.05, 3.63) is 11.6 Å². The van der Waals surface area contributed by atoms with E-state index in [0.717, 1.165) is 30.2 Å². The SMILES string of the molecule is CCC(F)(C1(F)C=S1CC1=CCC2CCCCC2CC1)C(C)(F)S(=O)(=O)O. The molecule has 0 aromatic heterocycles. The Morgan fingerprint density at radius 2 is 1.89 bits per heavy atom. The highest BCUT2D eigenvalue weighted by atomic mass is 32.2. The lowest BCUT2D eigenvalue weighted by molar-refractivity contribution is -0.0277.